The van der Waals surface area contributed by atoms with Crippen LogP contribution in [-0.4, -0.2) is 90.9 Å². The average molecular weight is 743 g/mol. The number of anilines is 1. The number of amides is 3. The monoisotopic (exact) mass is 741 g/mol. The summed E-state index contributed by atoms with van der Waals surface area (Å²) in [6.07, 6.45) is 4.27. The lowest BCUT2D eigenvalue weighted by Gasteiger charge is -2.35. The van der Waals surface area contributed by atoms with E-state index in [1.54, 1.807) is 60.7 Å². The second-order valence-electron chi connectivity index (χ2n) is 12.3. The zero-order chi connectivity index (χ0) is 34.0. The van der Waals surface area contributed by atoms with E-state index in [1.807, 2.05) is 12.1 Å². The quantitative estimate of drug-likeness (QED) is 0.324. The van der Waals surface area contributed by atoms with E-state index in [4.69, 9.17) is 25.8 Å². The minimum Gasteiger partial charge on any atom is -0.455 e. The van der Waals surface area contributed by atoms with Crippen LogP contribution in [-0.2, 0) is 33.4 Å². The first-order chi connectivity index (χ1) is 23.2. The molecule has 6 rings (SSSR count). The molecule has 0 radical (unpaired) electrons. The Morgan fingerprint density at radius 3 is 2.50 bits per heavy atom. The second-order valence-corrected chi connectivity index (χ2v) is 13.6. The van der Waals surface area contributed by atoms with Gasteiger partial charge in [0.1, 0.15) is 29.8 Å². The van der Waals surface area contributed by atoms with Crippen molar-refractivity contribution in [1.29, 1.82) is 0 Å². The number of benzene rings is 2. The van der Waals surface area contributed by atoms with Gasteiger partial charge in [0.05, 0.1) is 18.6 Å². The summed E-state index contributed by atoms with van der Waals surface area (Å²) >= 11 is 9.75. The van der Waals surface area contributed by atoms with E-state index < -0.39 is 59.5 Å². The minimum absolute atomic E-state index is 0.0521. The molecule has 3 amide bonds. The van der Waals surface area contributed by atoms with Crippen molar-refractivity contribution in [2.75, 3.05) is 38.3 Å². The number of hydrogen-bond acceptors (Lipinski definition) is 8. The maximum absolute atomic E-state index is 14.8. The van der Waals surface area contributed by atoms with Crippen molar-refractivity contribution in [2.24, 2.45) is 11.8 Å². The molecule has 48 heavy (non-hydrogen) atoms. The average Bonchev–Trinajstić information content (AvgIpc) is 3.67. The number of aliphatic hydroxyl groups is 1. The molecule has 13 heteroatoms. The van der Waals surface area contributed by atoms with Gasteiger partial charge in [-0.05, 0) is 48.7 Å². The molecule has 2 fully saturated rings. The summed E-state index contributed by atoms with van der Waals surface area (Å²) in [6, 6.07) is 13.9. The Balaban J connectivity index is 1.47. The lowest BCUT2D eigenvalue weighted by atomic mass is 9.74. The zero-order valence-corrected chi connectivity index (χ0v) is 28.6. The van der Waals surface area contributed by atoms with Gasteiger partial charge in [-0.2, -0.15) is 0 Å². The van der Waals surface area contributed by atoms with Gasteiger partial charge in [-0.15, -0.1) is 0 Å². The highest BCUT2D eigenvalue weighted by Gasteiger charge is 2.75. The number of fused-ring (bicyclic) bond motifs is 2. The van der Waals surface area contributed by atoms with Crippen molar-refractivity contribution in [3.63, 3.8) is 0 Å². The van der Waals surface area contributed by atoms with E-state index in [1.165, 1.54) is 16.9 Å². The van der Waals surface area contributed by atoms with Crippen LogP contribution in [0.3, 0.4) is 0 Å². The molecule has 4 aliphatic heterocycles. The maximum Gasteiger partial charge on any atom is 0.313 e. The summed E-state index contributed by atoms with van der Waals surface area (Å²) < 4.78 is 18.8. The molecule has 5 bridgehead atoms. The Labute approximate surface area is 292 Å². The van der Waals surface area contributed by atoms with Crippen molar-refractivity contribution in [1.82, 2.24) is 10.2 Å². The molecular formula is C35H37BrClN3O8. The number of carbonyl (C=O) groups is 4. The fourth-order valence-electron chi connectivity index (χ4n) is 7.24. The maximum atomic E-state index is 14.8. The number of likely N-dealkylation sites (tertiary alicyclic amines) is 1. The van der Waals surface area contributed by atoms with E-state index >= 15 is 0 Å². The first-order valence-corrected chi connectivity index (χ1v) is 17.1. The van der Waals surface area contributed by atoms with Gasteiger partial charge in [0.2, 0.25) is 11.8 Å². The summed E-state index contributed by atoms with van der Waals surface area (Å²) in [5, 5.41) is 13.2. The van der Waals surface area contributed by atoms with Gasteiger partial charge >= 0.3 is 5.97 Å². The van der Waals surface area contributed by atoms with Gasteiger partial charge in [-0.1, -0.05) is 70.0 Å². The van der Waals surface area contributed by atoms with Gasteiger partial charge in [0, 0.05) is 48.4 Å². The lowest BCUT2D eigenvalue weighted by molar-refractivity contribution is -0.162. The predicted octanol–water partition coefficient (Wildman–Crippen LogP) is 3.69. The Hall–Kier alpha value is -3.55. The van der Waals surface area contributed by atoms with E-state index in [2.05, 4.69) is 21.2 Å². The normalized spacial score (nSPS) is 31.4. The molecule has 4 aliphatic rings. The van der Waals surface area contributed by atoms with Crippen LogP contribution in [0.4, 0.5) is 5.69 Å². The Bertz CT molecular complexity index is 1600. The summed E-state index contributed by atoms with van der Waals surface area (Å²) in [7, 11) is 1.50. The van der Waals surface area contributed by atoms with Crippen molar-refractivity contribution in [2.45, 2.75) is 49.2 Å². The molecular weight excluding hydrogens is 706 g/mol. The van der Waals surface area contributed by atoms with Crippen LogP contribution >= 0.6 is 27.5 Å². The summed E-state index contributed by atoms with van der Waals surface area (Å²) in [5.74, 6) is -4.01. The van der Waals surface area contributed by atoms with Crippen molar-refractivity contribution < 1.29 is 38.5 Å². The number of esters is 1. The summed E-state index contributed by atoms with van der Waals surface area (Å²) in [6.45, 7) is 0.0516. The zero-order valence-electron chi connectivity index (χ0n) is 26.3. The molecule has 0 unspecified atom stereocenters. The number of nitrogens with one attached hydrogen (secondary N) is 1. The molecule has 0 aromatic heterocycles. The van der Waals surface area contributed by atoms with E-state index in [9.17, 15) is 24.3 Å². The van der Waals surface area contributed by atoms with Crippen LogP contribution < -0.4 is 10.2 Å². The lowest BCUT2D eigenvalue weighted by Crippen LogP contribution is -2.56. The first kappa shape index (κ1) is 34.3. The highest BCUT2D eigenvalue weighted by molar-refractivity contribution is 9.11. The summed E-state index contributed by atoms with van der Waals surface area (Å²) in [5.41, 5.74) is -0.311. The SMILES string of the molecule is COC[C@H]1NC(=O)CC/C=C\CN(c2ccc(Cl)cc2)C(=O)[C@@H]2N(CCCO)C(=O)[C@H]3[C@H](C(=O)O[C@@H]1c1ccccc1)[C@H]1O[C@@]23C=C1Br. The molecule has 0 aliphatic carbocycles. The van der Waals surface area contributed by atoms with Crippen LogP contribution in [0, 0.1) is 11.8 Å². The van der Waals surface area contributed by atoms with Crippen LogP contribution in [0.1, 0.15) is 30.9 Å². The molecule has 2 aromatic carbocycles. The number of allylic oxidation sites excluding steroid dienone is 1. The highest BCUT2D eigenvalue weighted by atomic mass is 79.9. The third kappa shape index (κ3) is 6.32. The van der Waals surface area contributed by atoms with Crippen LogP contribution in [0.5, 0.6) is 0 Å². The number of carbonyl (C=O) groups excluding carboxylic acids is 4. The third-order valence-corrected chi connectivity index (χ3v) is 10.2. The van der Waals surface area contributed by atoms with Crippen LogP contribution in [0.15, 0.2) is 77.3 Å². The summed E-state index contributed by atoms with van der Waals surface area (Å²) in [4.78, 5) is 59.7. The topological polar surface area (TPSA) is 135 Å². The number of cyclic esters (lactones) is 1. The Kier molecular flexibility index (Phi) is 10.4. The Morgan fingerprint density at radius 2 is 1.79 bits per heavy atom. The number of ether oxygens (including phenoxy) is 3. The molecule has 11 nitrogen and oxygen atoms in total. The number of nitrogens with zero attached hydrogens (tertiary/aromatic N) is 2. The number of hydrogen-bond donors (Lipinski definition) is 2. The third-order valence-electron chi connectivity index (χ3n) is 9.32. The smallest absolute Gasteiger partial charge is 0.313 e. The number of rotatable bonds is 7. The van der Waals surface area contributed by atoms with E-state index in [0.29, 0.717) is 27.2 Å². The molecule has 0 saturated carbocycles. The Morgan fingerprint density at radius 1 is 1.04 bits per heavy atom. The molecule has 1 spiro atoms. The van der Waals surface area contributed by atoms with Crippen molar-refractivity contribution in [3.8, 4) is 0 Å². The molecule has 2 aromatic rings. The number of aliphatic hydroxyl groups excluding tert-OH is 1. The predicted molar refractivity (Wildman–Crippen MR) is 180 cm³/mol. The molecule has 254 valence electrons. The molecule has 4 heterocycles. The fourth-order valence-corrected chi connectivity index (χ4v) is 8.10. The first-order valence-electron chi connectivity index (χ1n) is 15.9. The van der Waals surface area contributed by atoms with Gasteiger partial charge in [-0.25, -0.2) is 0 Å². The van der Waals surface area contributed by atoms with Gasteiger partial charge in [0.25, 0.3) is 5.91 Å². The largest absolute Gasteiger partial charge is 0.455 e. The molecule has 2 N–H and O–H groups in total. The highest BCUT2D eigenvalue weighted by Crippen LogP contribution is 2.59. The van der Waals surface area contributed by atoms with Crippen molar-refractivity contribution in [3.05, 3.63) is 87.9 Å². The van der Waals surface area contributed by atoms with Crippen LogP contribution in [0.25, 0.3) is 0 Å². The minimum atomic E-state index is -1.48. The number of methoxy groups -OCH3 is 1. The van der Waals surface area contributed by atoms with Gasteiger partial charge in [-0.3, -0.25) is 19.2 Å². The number of halogens is 2. The van der Waals surface area contributed by atoms with Crippen molar-refractivity contribution >= 4 is 56.9 Å². The van der Waals surface area contributed by atoms with E-state index in [-0.39, 0.29) is 45.1 Å². The standard InChI is InChI=1S/C35H37BrClN3O8/c1-46-20-25-29(21-9-4-2-5-10-21)47-34(45)27-28-32(43)40(17-8-18-41)31(35(28)19-24(36)30(27)48-35)33(44)39(23-14-12-22(37)13-15-23)16-7-3-6-11-26(42)38-25/h2-5,7,9-10,12-15,19,25,27-31,41H,6,8,11,16-18,20H2,1H3,(H,38,42)/b7-3-/t25-,27+,28-,29-,30+,31+,35-/m1/s1. The second kappa shape index (κ2) is 14.5. The van der Waals surface area contributed by atoms with Gasteiger partial charge < -0.3 is 34.4 Å². The molecule has 7 atom stereocenters. The fraction of sp³-hybridized carbons (Fsp3) is 0.429. The molecule has 2 saturated heterocycles. The van der Waals surface area contributed by atoms with Gasteiger partial charge in [0.15, 0.2) is 0 Å². The van der Waals surface area contributed by atoms with E-state index in [0.717, 1.165) is 0 Å². The van der Waals surface area contributed by atoms with Crippen LogP contribution in [0.2, 0.25) is 5.02 Å².